The monoisotopic (exact) mass is 439 g/mol. The van der Waals surface area contributed by atoms with E-state index in [1.54, 1.807) is 22.9 Å². The van der Waals surface area contributed by atoms with Crippen molar-refractivity contribution in [3.8, 4) is 0 Å². The molecule has 2 N–H and O–H groups in total. The number of halogens is 4. The highest BCUT2D eigenvalue weighted by molar-refractivity contribution is 7.99. The fourth-order valence-corrected chi connectivity index (χ4v) is 3.44. The zero-order valence-electron chi connectivity index (χ0n) is 15.5. The van der Waals surface area contributed by atoms with Crippen LogP contribution in [-0.4, -0.2) is 26.3 Å². The van der Waals surface area contributed by atoms with Gasteiger partial charge in [-0.25, -0.2) is 9.37 Å². The van der Waals surface area contributed by atoms with Gasteiger partial charge in [0.05, 0.1) is 23.6 Å². The minimum Gasteiger partial charge on any atom is -0.390 e. The Bertz CT molecular complexity index is 1020. The first-order chi connectivity index (χ1) is 14.2. The van der Waals surface area contributed by atoms with Crippen LogP contribution >= 0.6 is 11.8 Å². The van der Waals surface area contributed by atoms with Crippen LogP contribution in [0.15, 0.2) is 59.9 Å². The molecule has 158 valence electrons. The summed E-state index contributed by atoms with van der Waals surface area (Å²) in [7, 11) is 0. The molecule has 3 aromatic rings. The minimum atomic E-state index is -4.50. The lowest BCUT2D eigenvalue weighted by Crippen LogP contribution is -2.15. The Morgan fingerprint density at radius 3 is 2.57 bits per heavy atom. The van der Waals surface area contributed by atoms with E-state index in [-0.39, 0.29) is 23.9 Å². The SMILES string of the molecule is O=C(CSc1nc(CO)cn1Cc1ccc(F)cc1)Nc1cccc(C(F)(F)F)c1. The predicted octanol–water partition coefficient (Wildman–Crippen LogP) is 4.31. The van der Waals surface area contributed by atoms with Crippen molar-refractivity contribution in [1.29, 1.82) is 0 Å². The van der Waals surface area contributed by atoms with Crippen LogP contribution in [0.2, 0.25) is 0 Å². The highest BCUT2D eigenvalue weighted by Crippen LogP contribution is 2.30. The molecule has 30 heavy (non-hydrogen) atoms. The molecule has 0 saturated heterocycles. The molecule has 1 heterocycles. The van der Waals surface area contributed by atoms with Crippen molar-refractivity contribution >= 4 is 23.4 Å². The third-order valence-electron chi connectivity index (χ3n) is 4.02. The number of rotatable bonds is 7. The molecule has 0 bridgehead atoms. The second kappa shape index (κ2) is 9.31. The van der Waals surface area contributed by atoms with E-state index >= 15 is 0 Å². The van der Waals surface area contributed by atoms with Crippen molar-refractivity contribution in [3.63, 3.8) is 0 Å². The molecular weight excluding hydrogens is 422 g/mol. The number of benzene rings is 2. The van der Waals surface area contributed by atoms with Crippen LogP contribution in [0.25, 0.3) is 0 Å². The molecule has 0 saturated carbocycles. The van der Waals surface area contributed by atoms with E-state index in [4.69, 9.17) is 0 Å². The number of carbonyl (C=O) groups is 1. The number of amides is 1. The van der Waals surface area contributed by atoms with E-state index in [1.807, 2.05) is 0 Å². The molecule has 0 aliphatic heterocycles. The van der Waals surface area contributed by atoms with Gasteiger partial charge in [0.15, 0.2) is 5.16 Å². The normalized spacial score (nSPS) is 11.5. The summed E-state index contributed by atoms with van der Waals surface area (Å²) < 4.78 is 53.1. The molecule has 0 fully saturated rings. The number of imidazole rings is 1. The number of hydrogen-bond donors (Lipinski definition) is 2. The fraction of sp³-hybridized carbons (Fsp3) is 0.200. The van der Waals surface area contributed by atoms with Crippen molar-refractivity contribution in [2.45, 2.75) is 24.5 Å². The van der Waals surface area contributed by atoms with Gasteiger partial charge in [-0.15, -0.1) is 0 Å². The van der Waals surface area contributed by atoms with Gasteiger partial charge in [-0.3, -0.25) is 4.79 Å². The van der Waals surface area contributed by atoms with Gasteiger partial charge in [0.25, 0.3) is 0 Å². The maximum Gasteiger partial charge on any atom is 0.416 e. The number of alkyl halides is 3. The largest absolute Gasteiger partial charge is 0.416 e. The average molecular weight is 439 g/mol. The third kappa shape index (κ3) is 5.83. The first-order valence-corrected chi connectivity index (χ1v) is 9.74. The Morgan fingerprint density at radius 1 is 1.17 bits per heavy atom. The molecule has 0 radical (unpaired) electrons. The van der Waals surface area contributed by atoms with Gasteiger partial charge < -0.3 is 15.0 Å². The summed E-state index contributed by atoms with van der Waals surface area (Å²) in [5.74, 6) is -0.954. The lowest BCUT2D eigenvalue weighted by Gasteiger charge is -2.10. The highest BCUT2D eigenvalue weighted by atomic mass is 32.2. The minimum absolute atomic E-state index is 0.0427. The Morgan fingerprint density at radius 2 is 1.90 bits per heavy atom. The zero-order valence-corrected chi connectivity index (χ0v) is 16.3. The number of aliphatic hydroxyl groups is 1. The Labute approximate surface area is 173 Å². The fourth-order valence-electron chi connectivity index (χ4n) is 2.64. The number of thioether (sulfide) groups is 1. The van der Waals surface area contributed by atoms with Crippen molar-refractivity contribution in [2.24, 2.45) is 0 Å². The Kier molecular flexibility index (Phi) is 6.78. The first-order valence-electron chi connectivity index (χ1n) is 8.76. The number of aliphatic hydroxyl groups excluding tert-OH is 1. The lowest BCUT2D eigenvalue weighted by atomic mass is 10.2. The van der Waals surface area contributed by atoms with Crippen LogP contribution in [0.5, 0.6) is 0 Å². The maximum absolute atomic E-state index is 13.1. The van der Waals surface area contributed by atoms with Gasteiger partial charge in [-0.05, 0) is 35.9 Å². The summed E-state index contributed by atoms with van der Waals surface area (Å²) in [4.78, 5) is 16.4. The third-order valence-corrected chi connectivity index (χ3v) is 5.01. The Hall–Kier alpha value is -2.85. The van der Waals surface area contributed by atoms with Crippen LogP contribution < -0.4 is 5.32 Å². The molecule has 0 aliphatic rings. The zero-order chi connectivity index (χ0) is 21.7. The van der Waals surface area contributed by atoms with Crippen molar-refractivity contribution in [2.75, 3.05) is 11.1 Å². The first kappa shape index (κ1) is 21.8. The second-order valence-electron chi connectivity index (χ2n) is 6.34. The molecular formula is C20H17F4N3O2S. The van der Waals surface area contributed by atoms with E-state index in [0.717, 1.165) is 29.5 Å². The maximum atomic E-state index is 13.1. The molecule has 0 spiro atoms. The van der Waals surface area contributed by atoms with Gasteiger partial charge in [0, 0.05) is 18.4 Å². The molecule has 10 heteroatoms. The Balaban J connectivity index is 1.65. The van der Waals surface area contributed by atoms with E-state index in [9.17, 15) is 27.5 Å². The summed E-state index contributed by atoms with van der Waals surface area (Å²) in [6.07, 6.45) is -2.88. The summed E-state index contributed by atoms with van der Waals surface area (Å²) in [5, 5.41) is 12.2. The molecule has 0 atom stereocenters. The predicted molar refractivity (Wildman–Crippen MR) is 104 cm³/mol. The molecule has 2 aromatic carbocycles. The van der Waals surface area contributed by atoms with Crippen LogP contribution in [-0.2, 0) is 24.1 Å². The van der Waals surface area contributed by atoms with Crippen LogP contribution in [0.4, 0.5) is 23.2 Å². The summed E-state index contributed by atoms with van der Waals surface area (Å²) in [5.41, 5.74) is 0.392. The molecule has 1 aromatic heterocycles. The highest BCUT2D eigenvalue weighted by Gasteiger charge is 2.30. The molecule has 5 nitrogen and oxygen atoms in total. The average Bonchev–Trinajstić information content (AvgIpc) is 3.09. The van der Waals surface area contributed by atoms with Gasteiger partial charge >= 0.3 is 6.18 Å². The standard InChI is InChI=1S/C20H17F4N3O2S/c21-15-6-4-13(5-7-15)9-27-10-17(11-28)26-19(27)30-12-18(29)25-16-3-1-2-14(8-16)20(22,23)24/h1-8,10,28H,9,11-12H2,(H,25,29). The van der Waals surface area contributed by atoms with Crippen LogP contribution in [0.1, 0.15) is 16.8 Å². The molecule has 3 rings (SSSR count). The topological polar surface area (TPSA) is 67.1 Å². The van der Waals surface area contributed by atoms with Crippen LogP contribution in [0.3, 0.4) is 0 Å². The van der Waals surface area contributed by atoms with Crippen molar-refractivity contribution in [1.82, 2.24) is 9.55 Å². The smallest absolute Gasteiger partial charge is 0.390 e. The van der Waals surface area contributed by atoms with Crippen molar-refractivity contribution in [3.05, 3.63) is 77.4 Å². The summed E-state index contributed by atoms with van der Waals surface area (Å²) >= 11 is 1.08. The molecule has 0 aliphatic carbocycles. The number of anilines is 1. The van der Waals surface area contributed by atoms with E-state index in [0.29, 0.717) is 17.4 Å². The number of nitrogens with one attached hydrogen (secondary N) is 1. The summed E-state index contributed by atoms with van der Waals surface area (Å²) in [6, 6.07) is 10.3. The van der Waals surface area contributed by atoms with E-state index in [2.05, 4.69) is 10.3 Å². The summed E-state index contributed by atoms with van der Waals surface area (Å²) in [6.45, 7) is 0.0608. The lowest BCUT2D eigenvalue weighted by molar-refractivity contribution is -0.137. The van der Waals surface area contributed by atoms with E-state index in [1.165, 1.54) is 24.3 Å². The van der Waals surface area contributed by atoms with E-state index < -0.39 is 17.6 Å². The van der Waals surface area contributed by atoms with Gasteiger partial charge in [0.1, 0.15) is 5.82 Å². The quantitative estimate of drug-likeness (QED) is 0.425. The van der Waals surface area contributed by atoms with Gasteiger partial charge in [0.2, 0.25) is 5.91 Å². The number of hydrogen-bond acceptors (Lipinski definition) is 4. The number of nitrogens with zero attached hydrogens (tertiary/aromatic N) is 2. The molecule has 1 amide bonds. The second-order valence-corrected chi connectivity index (χ2v) is 7.29. The van der Waals surface area contributed by atoms with Crippen LogP contribution in [0, 0.1) is 5.82 Å². The van der Waals surface area contributed by atoms with Gasteiger partial charge in [-0.2, -0.15) is 13.2 Å². The number of aromatic nitrogens is 2. The van der Waals surface area contributed by atoms with Crippen molar-refractivity contribution < 1.29 is 27.5 Å². The molecule has 0 unspecified atom stereocenters. The number of carbonyl (C=O) groups excluding carboxylic acids is 1. The van der Waals surface area contributed by atoms with Gasteiger partial charge in [-0.1, -0.05) is 30.0 Å².